The Bertz CT molecular complexity index is 645. The van der Waals surface area contributed by atoms with Crippen molar-refractivity contribution in [1.82, 2.24) is 0 Å². The Kier molecular flexibility index (Phi) is 7.84. The van der Waals surface area contributed by atoms with Gasteiger partial charge in [-0.2, -0.15) is 0 Å². The van der Waals surface area contributed by atoms with E-state index in [9.17, 15) is 4.79 Å². The number of ketones is 1. The van der Waals surface area contributed by atoms with Gasteiger partial charge in [0, 0.05) is 0 Å². The molecular weight excluding hydrogens is 415 g/mol. The molecule has 1 aliphatic heterocycles. The summed E-state index contributed by atoms with van der Waals surface area (Å²) in [6.45, 7) is 5.08. The van der Waals surface area contributed by atoms with E-state index in [-0.39, 0.29) is 12.4 Å². The number of Topliss-reactive ketones (excluding diaryl/α,β-unsaturated/α-hetero) is 1. The Balaban J connectivity index is 2.41. The van der Waals surface area contributed by atoms with Gasteiger partial charge in [0.1, 0.15) is 23.6 Å². The number of hydrogen-bond donors (Lipinski definition) is 1. The summed E-state index contributed by atoms with van der Waals surface area (Å²) < 4.78 is 27.5. The summed E-state index contributed by atoms with van der Waals surface area (Å²) in [6.07, 6.45) is -1.95. The summed E-state index contributed by atoms with van der Waals surface area (Å²) in [5.41, 5.74) is -0.478. The van der Waals surface area contributed by atoms with E-state index >= 15 is 0 Å². The van der Waals surface area contributed by atoms with Gasteiger partial charge in [-0.25, -0.2) is 0 Å². The van der Waals surface area contributed by atoms with Gasteiger partial charge in [-0.3, -0.25) is 13.4 Å². The highest BCUT2D eigenvalue weighted by molar-refractivity contribution is 7.82. The minimum atomic E-state index is -1.60. The average Bonchev–Trinajstić information content (AvgIpc) is 2.67. The van der Waals surface area contributed by atoms with Crippen LogP contribution < -0.4 is 4.74 Å². The van der Waals surface area contributed by atoms with Gasteiger partial charge < -0.3 is 14.2 Å². The minimum Gasteiger partial charge on any atom is -0.497 e. The van der Waals surface area contributed by atoms with E-state index in [2.05, 4.69) is 12.6 Å². The first-order chi connectivity index (χ1) is 12.8. The van der Waals surface area contributed by atoms with Crippen molar-refractivity contribution in [1.29, 1.82) is 0 Å². The van der Waals surface area contributed by atoms with Gasteiger partial charge in [0.05, 0.1) is 43.6 Å². The van der Waals surface area contributed by atoms with Crippen molar-refractivity contribution in [2.75, 3.05) is 7.11 Å². The van der Waals surface area contributed by atoms with Crippen molar-refractivity contribution >= 4 is 42.1 Å². The van der Waals surface area contributed by atoms with Gasteiger partial charge in [0.2, 0.25) is 4.93 Å². The summed E-state index contributed by atoms with van der Waals surface area (Å²) in [6, 6.07) is 7.34. The number of carbonyl (C=O) groups excluding carboxylic acids is 1. The summed E-state index contributed by atoms with van der Waals surface area (Å²) in [5.74, 6) is 0.393. The lowest BCUT2D eigenvalue weighted by Gasteiger charge is -2.55. The number of halogens is 2. The fourth-order valence-electron chi connectivity index (χ4n) is 3.42. The number of rotatable bonds is 8. The molecule has 0 aromatic heterocycles. The number of methoxy groups -OCH3 is 1. The summed E-state index contributed by atoms with van der Waals surface area (Å²) in [5, 5.41) is 0. The van der Waals surface area contributed by atoms with Crippen molar-refractivity contribution in [2.45, 2.75) is 62.6 Å². The van der Waals surface area contributed by atoms with Gasteiger partial charge in [-0.1, -0.05) is 19.1 Å². The molecule has 0 aliphatic carbocycles. The average molecular weight is 439 g/mol. The normalized spacial score (nSPS) is 33.7. The van der Waals surface area contributed by atoms with Crippen LogP contribution in [0.2, 0.25) is 0 Å². The van der Waals surface area contributed by atoms with E-state index in [0.717, 1.165) is 11.3 Å². The molecule has 0 bridgehead atoms. The molecular formula is C18H24Cl2O6S. The van der Waals surface area contributed by atoms with Crippen LogP contribution >= 0.6 is 36.4 Å². The Morgan fingerprint density at radius 3 is 2.33 bits per heavy atom. The molecule has 0 spiro atoms. The Hall–Kier alpha value is -0.540. The Morgan fingerprint density at radius 2 is 1.89 bits per heavy atom. The third-order valence-corrected chi connectivity index (χ3v) is 6.20. The van der Waals surface area contributed by atoms with Crippen LogP contribution in [-0.4, -0.2) is 41.7 Å². The van der Waals surface area contributed by atoms with Crippen LogP contribution in [-0.2, 0) is 29.5 Å². The zero-order valence-electron chi connectivity index (χ0n) is 15.6. The second-order valence-electron chi connectivity index (χ2n) is 6.47. The van der Waals surface area contributed by atoms with Crippen LogP contribution in [0.25, 0.3) is 0 Å². The molecule has 1 aliphatic rings. The van der Waals surface area contributed by atoms with Crippen molar-refractivity contribution < 1.29 is 27.6 Å². The molecule has 1 aromatic rings. The fraction of sp³-hybridized carbons (Fsp3) is 0.611. The van der Waals surface area contributed by atoms with Crippen LogP contribution in [0, 0.1) is 0 Å². The number of hydrogen-bond acceptors (Lipinski definition) is 7. The summed E-state index contributed by atoms with van der Waals surface area (Å²) in [4.78, 5) is 10.9. The highest BCUT2D eigenvalue weighted by Gasteiger charge is 2.66. The highest BCUT2D eigenvalue weighted by atomic mass is 35.5. The molecule has 0 radical (unpaired) electrons. The van der Waals surface area contributed by atoms with E-state index in [1.807, 2.05) is 31.2 Å². The molecule has 2 rings (SSSR count). The lowest BCUT2D eigenvalue weighted by molar-refractivity contribution is -0.278. The zero-order chi connectivity index (χ0) is 20.2. The second kappa shape index (κ2) is 9.31. The van der Waals surface area contributed by atoms with E-state index in [4.69, 9.17) is 46.5 Å². The number of carbonyl (C=O) groups is 1. The number of thiol groups is 1. The second-order valence-corrected chi connectivity index (χ2v) is 7.45. The molecule has 5 atom stereocenters. The number of ether oxygens (including phenoxy) is 3. The third-order valence-electron chi connectivity index (χ3n) is 5.01. The van der Waals surface area contributed by atoms with Crippen LogP contribution in [0.1, 0.15) is 32.8 Å². The molecule has 6 nitrogen and oxygen atoms in total. The summed E-state index contributed by atoms with van der Waals surface area (Å²) >= 11 is 16.0. The molecule has 0 amide bonds. The van der Waals surface area contributed by atoms with Gasteiger partial charge in [-0.05, 0) is 38.0 Å². The Morgan fingerprint density at radius 1 is 1.26 bits per heavy atom. The predicted octanol–water partition coefficient (Wildman–Crippen LogP) is 4.07. The minimum absolute atomic E-state index is 0.164. The van der Waals surface area contributed by atoms with Crippen LogP contribution in [0.3, 0.4) is 0 Å². The van der Waals surface area contributed by atoms with Crippen molar-refractivity contribution in [2.24, 2.45) is 0 Å². The SMILES string of the molecule is CC[C@]1(OCc2ccc(OC)cc2)[C@H](OCl)[C@H](OCl)[C@H](C)O[C@@]1(S)C(C)=O. The largest absolute Gasteiger partial charge is 0.497 e. The van der Waals surface area contributed by atoms with Gasteiger partial charge in [0.15, 0.2) is 5.78 Å². The Labute approximate surface area is 175 Å². The molecule has 1 aromatic carbocycles. The lowest BCUT2D eigenvalue weighted by Crippen LogP contribution is -2.73. The maximum absolute atomic E-state index is 12.5. The van der Waals surface area contributed by atoms with E-state index in [1.54, 1.807) is 14.0 Å². The predicted molar refractivity (Wildman–Crippen MR) is 105 cm³/mol. The standard InChI is InChI=1S/C18H24Cl2O6S/c1-5-17(23-10-13-6-8-14(22-4)9-7-13)16(26-20)15(25-19)11(2)24-18(17,27)12(3)21/h6-9,11,15-16,27H,5,10H2,1-4H3/t11-,15+,16+,17-,18+/m0/s1. The van der Waals surface area contributed by atoms with Gasteiger partial charge in [0.25, 0.3) is 0 Å². The van der Waals surface area contributed by atoms with Gasteiger partial charge in [-0.15, -0.1) is 12.6 Å². The third kappa shape index (κ3) is 4.10. The first-order valence-corrected chi connectivity index (χ1v) is 9.59. The monoisotopic (exact) mass is 438 g/mol. The highest BCUT2D eigenvalue weighted by Crippen LogP contribution is 2.49. The molecule has 27 heavy (non-hydrogen) atoms. The van der Waals surface area contributed by atoms with E-state index in [0.29, 0.717) is 6.42 Å². The first-order valence-electron chi connectivity index (χ1n) is 8.52. The van der Waals surface area contributed by atoms with Crippen LogP contribution in [0.4, 0.5) is 0 Å². The summed E-state index contributed by atoms with van der Waals surface area (Å²) in [7, 11) is 1.59. The van der Waals surface area contributed by atoms with Gasteiger partial charge >= 0.3 is 0 Å². The zero-order valence-corrected chi connectivity index (χ0v) is 18.0. The topological polar surface area (TPSA) is 63.2 Å². The van der Waals surface area contributed by atoms with E-state index in [1.165, 1.54) is 6.92 Å². The molecule has 0 N–H and O–H groups in total. The van der Waals surface area contributed by atoms with Crippen molar-refractivity contribution in [3.05, 3.63) is 29.8 Å². The molecule has 0 unspecified atom stereocenters. The van der Waals surface area contributed by atoms with Crippen LogP contribution in [0.5, 0.6) is 5.75 Å². The maximum Gasteiger partial charge on any atom is 0.201 e. The molecule has 0 saturated carbocycles. The molecule has 1 saturated heterocycles. The maximum atomic E-state index is 12.5. The van der Waals surface area contributed by atoms with Crippen molar-refractivity contribution in [3.63, 3.8) is 0 Å². The number of benzene rings is 1. The van der Waals surface area contributed by atoms with Crippen LogP contribution in [0.15, 0.2) is 24.3 Å². The molecule has 1 heterocycles. The lowest BCUT2D eigenvalue weighted by atomic mass is 9.78. The molecule has 1 fully saturated rings. The smallest absolute Gasteiger partial charge is 0.201 e. The molecule has 152 valence electrons. The fourth-order valence-corrected chi connectivity index (χ4v) is 4.42. The van der Waals surface area contributed by atoms with E-state index < -0.39 is 28.8 Å². The molecule has 9 heteroatoms. The first kappa shape index (κ1) is 22.7. The van der Waals surface area contributed by atoms with Crippen molar-refractivity contribution in [3.8, 4) is 5.75 Å². The quantitative estimate of drug-likeness (QED) is 0.617.